The van der Waals surface area contributed by atoms with Crippen molar-refractivity contribution in [2.75, 3.05) is 19.6 Å². The monoisotopic (exact) mass is 425 g/mol. The Hall–Kier alpha value is -1.59. The van der Waals surface area contributed by atoms with Crippen LogP contribution in [0.25, 0.3) is 0 Å². The first-order chi connectivity index (χ1) is 15.2. The first-order valence-corrected chi connectivity index (χ1v) is 13.1. The van der Waals surface area contributed by atoms with Gasteiger partial charge in [0.1, 0.15) is 13.1 Å². The van der Waals surface area contributed by atoms with E-state index >= 15 is 0 Å². The van der Waals surface area contributed by atoms with E-state index in [0.29, 0.717) is 0 Å². The van der Waals surface area contributed by atoms with E-state index in [1.54, 1.807) is 0 Å². The summed E-state index contributed by atoms with van der Waals surface area (Å²) in [6, 6.07) is 13.2. The van der Waals surface area contributed by atoms with E-state index < -0.39 is 0 Å². The predicted octanol–water partition coefficient (Wildman–Crippen LogP) is 8.58. The molecule has 2 nitrogen and oxygen atoms in total. The van der Waals surface area contributed by atoms with Crippen LogP contribution in [0.2, 0.25) is 0 Å². The molecular formula is C29H49N2+. The summed E-state index contributed by atoms with van der Waals surface area (Å²) >= 11 is 0. The van der Waals surface area contributed by atoms with Crippen molar-refractivity contribution < 1.29 is 4.48 Å². The fourth-order valence-electron chi connectivity index (χ4n) is 4.70. The Balaban J connectivity index is 2.71. The van der Waals surface area contributed by atoms with Gasteiger partial charge in [0.15, 0.2) is 0 Å². The van der Waals surface area contributed by atoms with Gasteiger partial charge < -0.3 is 4.48 Å². The lowest BCUT2D eigenvalue weighted by molar-refractivity contribution is -0.936. The smallest absolute Gasteiger partial charge is 0.114 e. The van der Waals surface area contributed by atoms with Crippen LogP contribution in [0.3, 0.4) is 0 Å². The Kier molecular flexibility index (Phi) is 16.0. The van der Waals surface area contributed by atoms with Crippen molar-refractivity contribution in [1.82, 2.24) is 0 Å². The van der Waals surface area contributed by atoms with Gasteiger partial charge in [-0.3, -0.25) is 0 Å². The van der Waals surface area contributed by atoms with Crippen LogP contribution in [0.15, 0.2) is 42.5 Å². The molecule has 174 valence electrons. The quantitative estimate of drug-likeness (QED) is 0.116. The summed E-state index contributed by atoms with van der Waals surface area (Å²) in [6.07, 6.45) is 18.7. The van der Waals surface area contributed by atoms with Gasteiger partial charge in [-0.25, -0.2) is 0 Å². The average molecular weight is 426 g/mol. The van der Waals surface area contributed by atoms with E-state index in [1.807, 2.05) is 0 Å². The minimum atomic E-state index is 0.738. The molecule has 0 saturated carbocycles. The van der Waals surface area contributed by atoms with Crippen LogP contribution in [0, 0.1) is 11.3 Å². The molecule has 31 heavy (non-hydrogen) atoms. The Morgan fingerprint density at radius 3 is 1.65 bits per heavy atom. The maximum Gasteiger partial charge on any atom is 0.114 e. The lowest BCUT2D eigenvalue weighted by atomic mass is 10.0. The van der Waals surface area contributed by atoms with Crippen molar-refractivity contribution in [3.63, 3.8) is 0 Å². The number of unbranched alkanes of at least 4 members (excludes halogenated alkanes) is 12. The SMILES string of the molecule is C=C(C#N)C[N+](CCCCCCCCC)(CCCCCCCCC)Cc1ccccc1. The largest absolute Gasteiger partial charge is 0.316 e. The summed E-state index contributed by atoms with van der Waals surface area (Å²) in [5.41, 5.74) is 2.13. The molecule has 0 atom stereocenters. The molecule has 0 aliphatic rings. The van der Waals surface area contributed by atoms with Crippen LogP contribution in [0.1, 0.15) is 109 Å². The highest BCUT2D eigenvalue weighted by Crippen LogP contribution is 2.22. The molecule has 1 aromatic carbocycles. The second-order valence-corrected chi connectivity index (χ2v) is 9.55. The number of benzene rings is 1. The van der Waals surface area contributed by atoms with Gasteiger partial charge in [0, 0.05) is 5.56 Å². The molecule has 0 amide bonds. The van der Waals surface area contributed by atoms with Gasteiger partial charge in [-0.2, -0.15) is 5.26 Å². The Bertz CT molecular complexity index is 581. The zero-order chi connectivity index (χ0) is 22.6. The maximum absolute atomic E-state index is 9.49. The zero-order valence-corrected chi connectivity index (χ0v) is 20.7. The minimum absolute atomic E-state index is 0.738. The molecule has 0 fully saturated rings. The van der Waals surface area contributed by atoms with Gasteiger partial charge >= 0.3 is 0 Å². The summed E-state index contributed by atoms with van der Waals surface area (Å²) in [4.78, 5) is 0. The van der Waals surface area contributed by atoms with Crippen LogP contribution < -0.4 is 0 Å². The van der Waals surface area contributed by atoms with E-state index in [9.17, 15) is 5.26 Å². The molecule has 0 aliphatic carbocycles. The standard InChI is InChI=1S/C29H49N2/c1-4-6-8-10-12-14-19-23-31(26-28(3)25-30,27-29-21-17-16-18-22-29)24-20-15-13-11-9-7-5-2/h16-18,21-22H,3-15,19-20,23-24,26-27H2,1-2H3/q+1. The molecule has 2 heteroatoms. The van der Waals surface area contributed by atoms with Gasteiger partial charge in [0.2, 0.25) is 0 Å². The molecule has 0 radical (unpaired) electrons. The number of rotatable bonds is 20. The normalized spacial score (nSPS) is 11.4. The Labute approximate surface area is 193 Å². The average Bonchev–Trinajstić information content (AvgIpc) is 2.78. The Morgan fingerprint density at radius 1 is 0.742 bits per heavy atom. The fourth-order valence-corrected chi connectivity index (χ4v) is 4.70. The van der Waals surface area contributed by atoms with E-state index in [1.165, 1.54) is 109 Å². The van der Waals surface area contributed by atoms with Crippen LogP contribution in [-0.2, 0) is 6.54 Å². The summed E-state index contributed by atoms with van der Waals surface area (Å²) in [5, 5.41) is 9.49. The number of hydrogen-bond donors (Lipinski definition) is 0. The van der Waals surface area contributed by atoms with Crippen molar-refractivity contribution in [3.8, 4) is 6.07 Å². The Morgan fingerprint density at radius 2 is 1.19 bits per heavy atom. The molecule has 1 rings (SSSR count). The lowest BCUT2D eigenvalue weighted by Crippen LogP contribution is -2.49. The van der Waals surface area contributed by atoms with Crippen LogP contribution in [-0.4, -0.2) is 24.1 Å². The molecule has 0 spiro atoms. The van der Waals surface area contributed by atoms with Gasteiger partial charge in [0.25, 0.3) is 0 Å². The van der Waals surface area contributed by atoms with Crippen molar-refractivity contribution in [2.24, 2.45) is 0 Å². The molecular weight excluding hydrogens is 376 g/mol. The van der Waals surface area contributed by atoms with E-state index in [2.05, 4.69) is 56.8 Å². The molecule has 0 heterocycles. The highest BCUT2D eigenvalue weighted by atomic mass is 15.3. The summed E-state index contributed by atoms with van der Waals surface area (Å²) in [7, 11) is 0. The van der Waals surface area contributed by atoms with Crippen molar-refractivity contribution >= 4 is 0 Å². The number of nitriles is 1. The molecule has 0 aromatic heterocycles. The summed E-state index contributed by atoms with van der Waals surface area (Å²) in [5.74, 6) is 0. The second-order valence-electron chi connectivity index (χ2n) is 9.55. The molecule has 0 bridgehead atoms. The van der Waals surface area contributed by atoms with Gasteiger partial charge in [-0.05, 0) is 25.7 Å². The van der Waals surface area contributed by atoms with Crippen LogP contribution in [0.4, 0.5) is 0 Å². The van der Waals surface area contributed by atoms with Crippen molar-refractivity contribution in [1.29, 1.82) is 5.26 Å². The summed E-state index contributed by atoms with van der Waals surface area (Å²) in [6.45, 7) is 12.8. The van der Waals surface area contributed by atoms with E-state index in [0.717, 1.165) is 23.1 Å². The number of nitrogens with zero attached hydrogens (tertiary/aromatic N) is 2. The highest BCUT2D eigenvalue weighted by molar-refractivity contribution is 5.17. The topological polar surface area (TPSA) is 23.8 Å². The first-order valence-electron chi connectivity index (χ1n) is 13.1. The van der Waals surface area contributed by atoms with Gasteiger partial charge in [-0.1, -0.05) is 115 Å². The zero-order valence-electron chi connectivity index (χ0n) is 20.7. The van der Waals surface area contributed by atoms with E-state index in [4.69, 9.17) is 0 Å². The molecule has 0 N–H and O–H groups in total. The van der Waals surface area contributed by atoms with Crippen LogP contribution in [0.5, 0.6) is 0 Å². The van der Waals surface area contributed by atoms with Crippen LogP contribution >= 0.6 is 0 Å². The maximum atomic E-state index is 9.49. The highest BCUT2D eigenvalue weighted by Gasteiger charge is 2.28. The predicted molar refractivity (Wildman–Crippen MR) is 136 cm³/mol. The van der Waals surface area contributed by atoms with Crippen molar-refractivity contribution in [3.05, 3.63) is 48.0 Å². The second kappa shape index (κ2) is 18.0. The molecule has 0 unspecified atom stereocenters. The number of quaternary nitrogens is 1. The van der Waals surface area contributed by atoms with E-state index in [-0.39, 0.29) is 0 Å². The minimum Gasteiger partial charge on any atom is -0.316 e. The third kappa shape index (κ3) is 13.4. The third-order valence-electron chi connectivity index (χ3n) is 6.52. The first kappa shape index (κ1) is 27.4. The molecule has 0 aliphatic heterocycles. The van der Waals surface area contributed by atoms with Gasteiger partial charge in [0.05, 0.1) is 24.7 Å². The lowest BCUT2D eigenvalue weighted by Gasteiger charge is -2.39. The fraction of sp³-hybridized carbons (Fsp3) is 0.690. The molecule has 1 aromatic rings. The van der Waals surface area contributed by atoms with Crippen molar-refractivity contribution in [2.45, 2.75) is 110 Å². The number of hydrogen-bond acceptors (Lipinski definition) is 1. The third-order valence-corrected chi connectivity index (χ3v) is 6.52. The summed E-state index contributed by atoms with van der Waals surface area (Å²) < 4.78 is 1.00. The van der Waals surface area contributed by atoms with Gasteiger partial charge in [-0.15, -0.1) is 0 Å². The molecule has 0 saturated heterocycles.